The predicted molar refractivity (Wildman–Crippen MR) is 112 cm³/mol. The fraction of sp³-hybridized carbons (Fsp3) is 0.652. The number of ether oxygens (including phenoxy) is 1. The molecule has 1 heterocycles. The number of benzene rings is 1. The minimum Gasteiger partial charge on any atom is -0.481 e. The van der Waals surface area contributed by atoms with E-state index in [2.05, 4.69) is 46.0 Å². The molecular formula is C23H35N3O2. The van der Waals surface area contributed by atoms with Crippen LogP contribution in [0.4, 0.5) is 0 Å². The second kappa shape index (κ2) is 8.96. The molecule has 1 fully saturated rings. The van der Waals surface area contributed by atoms with Crippen molar-refractivity contribution in [3.63, 3.8) is 0 Å². The van der Waals surface area contributed by atoms with Gasteiger partial charge in [-0.2, -0.15) is 5.26 Å². The number of amides is 1. The molecule has 1 unspecified atom stereocenters. The monoisotopic (exact) mass is 385 g/mol. The van der Waals surface area contributed by atoms with Gasteiger partial charge in [0.2, 0.25) is 0 Å². The first kappa shape index (κ1) is 22.2. The lowest BCUT2D eigenvalue weighted by molar-refractivity contribution is -0.142. The van der Waals surface area contributed by atoms with Gasteiger partial charge in [0.15, 0.2) is 6.10 Å². The van der Waals surface area contributed by atoms with E-state index in [0.717, 1.165) is 32.2 Å². The van der Waals surface area contributed by atoms with E-state index >= 15 is 0 Å². The van der Waals surface area contributed by atoms with Gasteiger partial charge in [0, 0.05) is 23.7 Å². The molecule has 0 saturated carbocycles. The molecule has 0 spiro atoms. The first-order chi connectivity index (χ1) is 13.1. The molecule has 154 valence electrons. The van der Waals surface area contributed by atoms with Crippen LogP contribution in [0.3, 0.4) is 0 Å². The van der Waals surface area contributed by atoms with Crippen molar-refractivity contribution in [2.75, 3.05) is 6.54 Å². The summed E-state index contributed by atoms with van der Waals surface area (Å²) in [5, 5.41) is 12.8. The smallest absolute Gasteiger partial charge is 0.263 e. The van der Waals surface area contributed by atoms with Gasteiger partial charge >= 0.3 is 0 Å². The molecule has 1 amide bonds. The maximum absolute atomic E-state index is 13.3. The zero-order valence-corrected chi connectivity index (χ0v) is 18.2. The van der Waals surface area contributed by atoms with E-state index in [4.69, 9.17) is 10.00 Å². The van der Waals surface area contributed by atoms with Gasteiger partial charge in [-0.25, -0.2) is 0 Å². The SMILES string of the molecule is CCCCN(C(=O)C(C)Oc1cccc(C#N)c1)C1CC(C)(C)NC(C)(C)C1. The second-order valence-electron chi connectivity index (χ2n) is 9.24. The third kappa shape index (κ3) is 5.97. The van der Waals surface area contributed by atoms with Crippen molar-refractivity contribution in [1.82, 2.24) is 10.2 Å². The van der Waals surface area contributed by atoms with E-state index in [0.29, 0.717) is 11.3 Å². The molecule has 5 nitrogen and oxygen atoms in total. The second-order valence-corrected chi connectivity index (χ2v) is 9.24. The Hall–Kier alpha value is -2.06. The Kier molecular flexibility index (Phi) is 7.11. The summed E-state index contributed by atoms with van der Waals surface area (Å²) in [6.07, 6.45) is 3.27. The average molecular weight is 386 g/mol. The summed E-state index contributed by atoms with van der Waals surface area (Å²) >= 11 is 0. The third-order valence-electron chi connectivity index (χ3n) is 5.27. The van der Waals surface area contributed by atoms with Crippen molar-refractivity contribution in [2.45, 2.75) is 90.4 Å². The van der Waals surface area contributed by atoms with Crippen molar-refractivity contribution < 1.29 is 9.53 Å². The quantitative estimate of drug-likeness (QED) is 0.761. The molecule has 0 bridgehead atoms. The normalized spacial score (nSPS) is 19.5. The van der Waals surface area contributed by atoms with Gasteiger partial charge in [0.05, 0.1) is 11.6 Å². The summed E-state index contributed by atoms with van der Waals surface area (Å²) in [5.41, 5.74) is 0.479. The van der Waals surface area contributed by atoms with E-state index < -0.39 is 6.10 Å². The highest BCUT2D eigenvalue weighted by Crippen LogP contribution is 2.32. The highest BCUT2D eigenvalue weighted by molar-refractivity contribution is 5.81. The molecule has 1 aromatic rings. The first-order valence-corrected chi connectivity index (χ1v) is 10.3. The lowest BCUT2D eigenvalue weighted by Gasteiger charge is -2.50. The van der Waals surface area contributed by atoms with Gasteiger partial charge in [-0.1, -0.05) is 19.4 Å². The maximum Gasteiger partial charge on any atom is 0.263 e. The fourth-order valence-corrected chi connectivity index (χ4v) is 4.42. The summed E-state index contributed by atoms with van der Waals surface area (Å²) in [6, 6.07) is 9.26. The Morgan fingerprint density at radius 2 is 1.96 bits per heavy atom. The number of nitrogens with zero attached hydrogens (tertiary/aromatic N) is 2. The van der Waals surface area contributed by atoms with Crippen molar-refractivity contribution in [3.8, 4) is 11.8 Å². The molecule has 2 rings (SSSR count). The molecule has 1 aliphatic rings. The lowest BCUT2D eigenvalue weighted by atomic mass is 9.79. The van der Waals surface area contributed by atoms with Crippen molar-refractivity contribution in [3.05, 3.63) is 29.8 Å². The molecule has 0 aromatic heterocycles. The minimum atomic E-state index is -0.591. The lowest BCUT2D eigenvalue weighted by Crippen LogP contribution is -2.63. The van der Waals surface area contributed by atoms with Crippen LogP contribution < -0.4 is 10.1 Å². The third-order valence-corrected chi connectivity index (χ3v) is 5.27. The molecule has 5 heteroatoms. The molecular weight excluding hydrogens is 350 g/mol. The van der Waals surface area contributed by atoms with Crippen molar-refractivity contribution in [1.29, 1.82) is 5.26 Å². The van der Waals surface area contributed by atoms with Crippen LogP contribution in [0.25, 0.3) is 0 Å². The Labute approximate surface area is 170 Å². The fourth-order valence-electron chi connectivity index (χ4n) is 4.42. The van der Waals surface area contributed by atoms with Gasteiger partial charge in [0.25, 0.3) is 5.91 Å². The molecule has 0 aliphatic carbocycles. The zero-order valence-electron chi connectivity index (χ0n) is 18.2. The maximum atomic E-state index is 13.3. The molecule has 1 atom stereocenters. The van der Waals surface area contributed by atoms with Gasteiger partial charge < -0.3 is 15.0 Å². The number of unbranched alkanes of at least 4 members (excludes halogenated alkanes) is 1. The highest BCUT2D eigenvalue weighted by atomic mass is 16.5. The summed E-state index contributed by atoms with van der Waals surface area (Å²) < 4.78 is 5.92. The van der Waals surface area contributed by atoms with Gasteiger partial charge in [0.1, 0.15) is 5.75 Å². The number of carbonyl (C=O) groups excluding carboxylic acids is 1. The Morgan fingerprint density at radius 3 is 2.54 bits per heavy atom. The number of rotatable bonds is 7. The van der Waals surface area contributed by atoms with E-state index in [9.17, 15) is 4.79 Å². The van der Waals surface area contributed by atoms with Crippen molar-refractivity contribution in [2.24, 2.45) is 0 Å². The number of hydrogen-bond donors (Lipinski definition) is 1. The summed E-state index contributed by atoms with van der Waals surface area (Å²) in [7, 11) is 0. The van der Waals surface area contributed by atoms with Crippen LogP contribution in [0.5, 0.6) is 5.75 Å². The zero-order chi connectivity index (χ0) is 20.9. The molecule has 28 heavy (non-hydrogen) atoms. The van der Waals surface area contributed by atoms with E-state index in [1.165, 1.54) is 0 Å². The standard InChI is InChI=1S/C23H35N3O2/c1-7-8-12-26(19-14-22(3,4)25-23(5,6)15-19)21(27)17(2)28-20-11-9-10-18(13-20)16-24/h9-11,13,17,19,25H,7-8,12,14-15H2,1-6H3. The van der Waals surface area contributed by atoms with Crippen LogP contribution in [0.1, 0.15) is 72.8 Å². The first-order valence-electron chi connectivity index (χ1n) is 10.3. The number of piperidine rings is 1. The van der Waals surface area contributed by atoms with Gasteiger partial charge in [-0.3, -0.25) is 4.79 Å². The minimum absolute atomic E-state index is 0.0225. The highest BCUT2D eigenvalue weighted by Gasteiger charge is 2.41. The Bertz CT molecular complexity index is 705. The Balaban J connectivity index is 2.18. The largest absolute Gasteiger partial charge is 0.481 e. The summed E-state index contributed by atoms with van der Waals surface area (Å²) in [4.78, 5) is 15.4. The number of carbonyl (C=O) groups is 1. The van der Waals surface area contributed by atoms with Crippen LogP contribution in [0, 0.1) is 11.3 Å². The number of nitriles is 1. The van der Waals surface area contributed by atoms with E-state index in [1.54, 1.807) is 31.2 Å². The van der Waals surface area contributed by atoms with Crippen molar-refractivity contribution >= 4 is 5.91 Å². The van der Waals surface area contributed by atoms with E-state index in [1.807, 2.05) is 4.90 Å². The van der Waals surface area contributed by atoms with Crippen LogP contribution in [0.2, 0.25) is 0 Å². The molecule has 1 saturated heterocycles. The van der Waals surface area contributed by atoms with Crippen LogP contribution in [-0.4, -0.2) is 40.6 Å². The van der Waals surface area contributed by atoms with Crippen LogP contribution in [0.15, 0.2) is 24.3 Å². The molecule has 0 radical (unpaired) electrons. The Morgan fingerprint density at radius 1 is 1.32 bits per heavy atom. The summed E-state index contributed by atoms with van der Waals surface area (Å²) in [5.74, 6) is 0.579. The number of nitrogens with one attached hydrogen (secondary N) is 1. The topological polar surface area (TPSA) is 65.4 Å². The molecule has 1 aliphatic heterocycles. The van der Waals surface area contributed by atoms with Crippen LogP contribution >= 0.6 is 0 Å². The number of hydrogen-bond acceptors (Lipinski definition) is 4. The predicted octanol–water partition coefficient (Wildman–Crippen LogP) is 4.26. The average Bonchev–Trinajstić information content (AvgIpc) is 2.59. The van der Waals surface area contributed by atoms with E-state index in [-0.39, 0.29) is 23.0 Å². The van der Waals surface area contributed by atoms with Gasteiger partial charge in [-0.05, 0) is 72.1 Å². The van der Waals surface area contributed by atoms with Crippen LogP contribution in [-0.2, 0) is 4.79 Å². The summed E-state index contributed by atoms with van der Waals surface area (Å²) in [6.45, 7) is 13.5. The molecule has 1 aromatic carbocycles. The molecule has 1 N–H and O–H groups in total. The van der Waals surface area contributed by atoms with Gasteiger partial charge in [-0.15, -0.1) is 0 Å².